The van der Waals surface area contributed by atoms with Gasteiger partial charge in [-0.3, -0.25) is 0 Å². The summed E-state index contributed by atoms with van der Waals surface area (Å²) in [4.78, 5) is 18.7. The fourth-order valence-corrected chi connectivity index (χ4v) is 3.54. The number of ether oxygens (including phenoxy) is 1. The quantitative estimate of drug-likeness (QED) is 0.906. The number of aromatic nitrogens is 1. The van der Waals surface area contributed by atoms with Gasteiger partial charge in [-0.1, -0.05) is 6.07 Å². The van der Waals surface area contributed by atoms with E-state index in [1.54, 1.807) is 11.3 Å². The normalized spacial score (nSPS) is 13.5. The van der Waals surface area contributed by atoms with Crippen molar-refractivity contribution in [2.24, 2.45) is 0 Å². The zero-order chi connectivity index (χ0) is 16.9. The van der Waals surface area contributed by atoms with Crippen molar-refractivity contribution >= 4 is 17.4 Å². The molecule has 6 heteroatoms. The molecule has 0 saturated carbocycles. The molecule has 0 unspecified atom stereocenters. The van der Waals surface area contributed by atoms with Crippen LogP contribution in [0.4, 0.5) is 4.79 Å². The van der Waals surface area contributed by atoms with Crippen LogP contribution < -0.4 is 10.1 Å². The fourth-order valence-electron chi connectivity index (χ4n) is 2.90. The average Bonchev–Trinajstić information content (AvgIpc) is 2.99. The van der Waals surface area contributed by atoms with E-state index in [1.165, 1.54) is 11.1 Å². The molecule has 1 aromatic heterocycles. The van der Waals surface area contributed by atoms with Crippen LogP contribution in [0.25, 0.3) is 0 Å². The Bertz CT molecular complexity index is 714. The molecule has 1 N–H and O–H groups in total. The highest BCUT2D eigenvalue weighted by atomic mass is 32.1. The molecule has 5 nitrogen and oxygen atoms in total. The molecule has 2 heterocycles. The first kappa shape index (κ1) is 16.8. The first-order valence-corrected chi connectivity index (χ1v) is 9.22. The van der Waals surface area contributed by atoms with E-state index < -0.39 is 0 Å². The molecule has 0 atom stereocenters. The molecule has 2 aromatic rings. The molecule has 1 aromatic carbocycles. The summed E-state index contributed by atoms with van der Waals surface area (Å²) in [6, 6.07) is 6.17. The Balaban J connectivity index is 1.54. The van der Waals surface area contributed by atoms with Gasteiger partial charge < -0.3 is 15.0 Å². The molecule has 0 bridgehead atoms. The number of rotatable bonds is 5. The van der Waals surface area contributed by atoms with Crippen LogP contribution in [0.15, 0.2) is 23.6 Å². The molecule has 24 heavy (non-hydrogen) atoms. The number of nitrogens with zero attached hydrogens (tertiary/aromatic N) is 2. The summed E-state index contributed by atoms with van der Waals surface area (Å²) in [5.74, 6) is 0.873. The SMILES string of the molecule is CCOc1ccc2c(c1)CN(C(=O)NCCc1csc(C)n1)CC2. The highest BCUT2D eigenvalue weighted by Crippen LogP contribution is 2.24. The number of thiazole rings is 1. The Morgan fingerprint density at radius 1 is 1.42 bits per heavy atom. The number of aryl methyl sites for hydroxylation is 1. The molecule has 2 amide bonds. The zero-order valence-corrected chi connectivity index (χ0v) is 15.0. The number of fused-ring (bicyclic) bond motifs is 1. The molecule has 0 aliphatic carbocycles. The van der Waals surface area contributed by atoms with Crippen LogP contribution in [0, 0.1) is 6.92 Å². The molecule has 0 fully saturated rings. The van der Waals surface area contributed by atoms with Crippen LogP contribution >= 0.6 is 11.3 Å². The Kier molecular flexibility index (Phi) is 5.35. The number of benzene rings is 1. The van der Waals surface area contributed by atoms with Crippen molar-refractivity contribution in [1.82, 2.24) is 15.2 Å². The van der Waals surface area contributed by atoms with E-state index in [4.69, 9.17) is 4.74 Å². The van der Waals surface area contributed by atoms with Gasteiger partial charge in [0.1, 0.15) is 5.75 Å². The van der Waals surface area contributed by atoms with Crippen molar-refractivity contribution in [3.05, 3.63) is 45.4 Å². The molecule has 0 radical (unpaired) electrons. The minimum atomic E-state index is -0.00517. The Labute approximate surface area is 146 Å². The van der Waals surface area contributed by atoms with Crippen molar-refractivity contribution in [1.29, 1.82) is 0 Å². The number of urea groups is 1. The maximum Gasteiger partial charge on any atom is 0.317 e. The second kappa shape index (κ2) is 7.66. The summed E-state index contributed by atoms with van der Waals surface area (Å²) in [6.07, 6.45) is 1.66. The lowest BCUT2D eigenvalue weighted by molar-refractivity contribution is 0.192. The second-order valence-corrected chi connectivity index (χ2v) is 6.94. The van der Waals surface area contributed by atoms with E-state index in [0.29, 0.717) is 19.7 Å². The molecule has 3 rings (SSSR count). The van der Waals surface area contributed by atoms with Crippen LogP contribution in [-0.4, -0.2) is 35.6 Å². The lowest BCUT2D eigenvalue weighted by atomic mass is 10.00. The predicted molar refractivity (Wildman–Crippen MR) is 95.7 cm³/mol. The second-order valence-electron chi connectivity index (χ2n) is 5.87. The first-order chi connectivity index (χ1) is 11.7. The number of nitrogens with one attached hydrogen (secondary N) is 1. The predicted octanol–water partition coefficient (Wildman–Crippen LogP) is 3.16. The van der Waals surface area contributed by atoms with Gasteiger partial charge in [0.2, 0.25) is 0 Å². The molecular weight excluding hydrogens is 322 g/mol. The van der Waals surface area contributed by atoms with Gasteiger partial charge in [0, 0.05) is 31.4 Å². The summed E-state index contributed by atoms with van der Waals surface area (Å²) in [6.45, 7) is 6.63. The van der Waals surface area contributed by atoms with E-state index >= 15 is 0 Å². The van der Waals surface area contributed by atoms with E-state index in [9.17, 15) is 4.79 Å². The smallest absolute Gasteiger partial charge is 0.317 e. The number of hydrogen-bond donors (Lipinski definition) is 1. The highest BCUT2D eigenvalue weighted by Gasteiger charge is 2.20. The topological polar surface area (TPSA) is 54.5 Å². The maximum absolute atomic E-state index is 12.4. The van der Waals surface area contributed by atoms with Gasteiger partial charge in [-0.25, -0.2) is 9.78 Å². The maximum atomic E-state index is 12.4. The van der Waals surface area contributed by atoms with E-state index in [1.807, 2.05) is 30.2 Å². The van der Waals surface area contributed by atoms with Crippen molar-refractivity contribution in [2.75, 3.05) is 19.7 Å². The van der Waals surface area contributed by atoms with Crippen LogP contribution in [-0.2, 0) is 19.4 Å². The van der Waals surface area contributed by atoms with Crippen molar-refractivity contribution in [3.8, 4) is 5.75 Å². The van der Waals surface area contributed by atoms with Crippen LogP contribution in [0.2, 0.25) is 0 Å². The van der Waals surface area contributed by atoms with Crippen LogP contribution in [0.3, 0.4) is 0 Å². The Morgan fingerprint density at radius 2 is 2.29 bits per heavy atom. The molecule has 0 saturated heterocycles. The molecule has 1 aliphatic heterocycles. The molecule has 128 valence electrons. The minimum Gasteiger partial charge on any atom is -0.494 e. The monoisotopic (exact) mass is 345 g/mol. The van der Waals surface area contributed by atoms with Crippen LogP contribution in [0.5, 0.6) is 5.75 Å². The molecule has 0 spiro atoms. The largest absolute Gasteiger partial charge is 0.494 e. The van der Waals surface area contributed by atoms with Crippen molar-refractivity contribution in [3.63, 3.8) is 0 Å². The Morgan fingerprint density at radius 3 is 3.04 bits per heavy atom. The molecular formula is C18H23N3O2S. The van der Waals surface area contributed by atoms with Crippen LogP contribution in [0.1, 0.15) is 28.8 Å². The summed E-state index contributed by atoms with van der Waals surface area (Å²) in [7, 11) is 0. The third-order valence-corrected chi connectivity index (χ3v) is 4.93. The lowest BCUT2D eigenvalue weighted by Crippen LogP contribution is -2.43. The summed E-state index contributed by atoms with van der Waals surface area (Å²) >= 11 is 1.64. The number of hydrogen-bond acceptors (Lipinski definition) is 4. The van der Waals surface area contributed by atoms with E-state index in [2.05, 4.69) is 22.4 Å². The zero-order valence-electron chi connectivity index (χ0n) is 14.2. The summed E-state index contributed by atoms with van der Waals surface area (Å²) < 4.78 is 5.56. The number of carbonyl (C=O) groups excluding carboxylic acids is 1. The standard InChI is InChI=1S/C18H23N3O2S/c1-3-23-17-5-4-14-7-9-21(11-15(14)10-17)18(22)19-8-6-16-12-24-13(2)20-16/h4-5,10,12H,3,6-9,11H2,1-2H3,(H,19,22). The lowest BCUT2D eigenvalue weighted by Gasteiger charge is -2.29. The van der Waals surface area contributed by atoms with E-state index in [0.717, 1.165) is 35.8 Å². The summed E-state index contributed by atoms with van der Waals surface area (Å²) in [5, 5.41) is 6.11. The number of carbonyl (C=O) groups is 1. The summed E-state index contributed by atoms with van der Waals surface area (Å²) in [5.41, 5.74) is 3.53. The minimum absolute atomic E-state index is 0.00517. The van der Waals surface area contributed by atoms with Gasteiger partial charge in [0.25, 0.3) is 0 Å². The fraction of sp³-hybridized carbons (Fsp3) is 0.444. The van der Waals surface area contributed by atoms with Gasteiger partial charge in [-0.15, -0.1) is 11.3 Å². The van der Waals surface area contributed by atoms with Gasteiger partial charge >= 0.3 is 6.03 Å². The highest BCUT2D eigenvalue weighted by molar-refractivity contribution is 7.09. The van der Waals surface area contributed by atoms with Gasteiger partial charge in [0.05, 0.1) is 17.3 Å². The van der Waals surface area contributed by atoms with Crippen molar-refractivity contribution in [2.45, 2.75) is 33.2 Å². The molecule has 1 aliphatic rings. The van der Waals surface area contributed by atoms with Crippen molar-refractivity contribution < 1.29 is 9.53 Å². The van der Waals surface area contributed by atoms with Gasteiger partial charge in [-0.2, -0.15) is 0 Å². The number of amides is 2. The Hall–Kier alpha value is -2.08. The first-order valence-electron chi connectivity index (χ1n) is 8.34. The third kappa shape index (κ3) is 4.06. The van der Waals surface area contributed by atoms with Gasteiger partial charge in [0.15, 0.2) is 0 Å². The third-order valence-electron chi connectivity index (χ3n) is 4.11. The average molecular weight is 345 g/mol. The van der Waals surface area contributed by atoms with E-state index in [-0.39, 0.29) is 6.03 Å². The van der Waals surface area contributed by atoms with Gasteiger partial charge in [-0.05, 0) is 43.5 Å².